The third kappa shape index (κ3) is 3.09. The Kier molecular flexibility index (Phi) is 4.46. The predicted molar refractivity (Wildman–Crippen MR) is 80.7 cm³/mol. The standard InChI is InChI=1S/C12H14IN5O/c1-3-4-7-10(13)11(14)16-12(15-7)8-5-6-9(19-2)18-17-8/h5-6H,3-4H2,1-2H3,(H2,14,15,16). The molecular formula is C12H14IN5O. The summed E-state index contributed by atoms with van der Waals surface area (Å²) in [6.07, 6.45) is 1.86. The molecule has 0 amide bonds. The molecule has 19 heavy (non-hydrogen) atoms. The van der Waals surface area contributed by atoms with Crippen molar-refractivity contribution in [3.63, 3.8) is 0 Å². The van der Waals surface area contributed by atoms with Crippen LogP contribution in [0.3, 0.4) is 0 Å². The first-order chi connectivity index (χ1) is 9.15. The Morgan fingerprint density at radius 3 is 2.63 bits per heavy atom. The van der Waals surface area contributed by atoms with Crippen molar-refractivity contribution < 1.29 is 4.74 Å². The third-order valence-corrected chi connectivity index (χ3v) is 3.69. The van der Waals surface area contributed by atoms with Gasteiger partial charge in [-0.05, 0) is 35.1 Å². The summed E-state index contributed by atoms with van der Waals surface area (Å²) in [5, 5.41) is 7.94. The average Bonchev–Trinajstić information content (AvgIpc) is 2.44. The minimum Gasteiger partial charge on any atom is -0.480 e. The fraction of sp³-hybridized carbons (Fsp3) is 0.333. The second-order valence-electron chi connectivity index (χ2n) is 3.90. The van der Waals surface area contributed by atoms with Gasteiger partial charge in [-0.1, -0.05) is 13.3 Å². The lowest BCUT2D eigenvalue weighted by molar-refractivity contribution is 0.392. The molecule has 0 saturated carbocycles. The Morgan fingerprint density at radius 1 is 1.26 bits per heavy atom. The van der Waals surface area contributed by atoms with Gasteiger partial charge in [0, 0.05) is 6.07 Å². The molecule has 0 unspecified atom stereocenters. The first-order valence-corrected chi connectivity index (χ1v) is 6.93. The summed E-state index contributed by atoms with van der Waals surface area (Å²) in [6.45, 7) is 2.10. The van der Waals surface area contributed by atoms with E-state index < -0.39 is 0 Å². The Bertz CT molecular complexity index is 573. The van der Waals surface area contributed by atoms with Gasteiger partial charge < -0.3 is 10.5 Å². The van der Waals surface area contributed by atoms with E-state index in [4.69, 9.17) is 10.5 Å². The number of methoxy groups -OCH3 is 1. The van der Waals surface area contributed by atoms with Gasteiger partial charge in [0.25, 0.3) is 0 Å². The van der Waals surface area contributed by atoms with E-state index in [1.165, 1.54) is 0 Å². The van der Waals surface area contributed by atoms with Crippen LogP contribution in [-0.4, -0.2) is 27.3 Å². The zero-order chi connectivity index (χ0) is 13.8. The van der Waals surface area contributed by atoms with Crippen LogP contribution in [-0.2, 0) is 6.42 Å². The number of aryl methyl sites for hydroxylation is 1. The first kappa shape index (κ1) is 13.9. The Morgan fingerprint density at radius 2 is 2.05 bits per heavy atom. The number of rotatable bonds is 4. The van der Waals surface area contributed by atoms with E-state index in [-0.39, 0.29) is 0 Å². The molecule has 0 aliphatic heterocycles. The molecule has 6 nitrogen and oxygen atoms in total. The molecule has 0 atom stereocenters. The highest BCUT2D eigenvalue weighted by Gasteiger charge is 2.12. The molecule has 2 aromatic rings. The summed E-state index contributed by atoms with van der Waals surface area (Å²) >= 11 is 2.17. The zero-order valence-electron chi connectivity index (χ0n) is 10.7. The lowest BCUT2D eigenvalue weighted by Gasteiger charge is -2.07. The smallest absolute Gasteiger partial charge is 0.233 e. The van der Waals surface area contributed by atoms with E-state index in [9.17, 15) is 0 Å². The van der Waals surface area contributed by atoms with E-state index in [0.29, 0.717) is 23.2 Å². The third-order valence-electron chi connectivity index (χ3n) is 2.51. The summed E-state index contributed by atoms with van der Waals surface area (Å²) < 4.78 is 5.88. The Balaban J connectivity index is 2.43. The largest absolute Gasteiger partial charge is 0.480 e. The molecule has 0 saturated heterocycles. The number of ether oxygens (including phenoxy) is 1. The second-order valence-corrected chi connectivity index (χ2v) is 4.98. The number of nitrogens with zero attached hydrogens (tertiary/aromatic N) is 4. The van der Waals surface area contributed by atoms with Gasteiger partial charge >= 0.3 is 0 Å². The molecule has 2 heterocycles. The SMILES string of the molecule is CCCc1nc(-c2ccc(OC)nn2)nc(N)c1I. The van der Waals surface area contributed by atoms with E-state index >= 15 is 0 Å². The van der Waals surface area contributed by atoms with Gasteiger partial charge in [0.05, 0.1) is 16.4 Å². The second kappa shape index (κ2) is 6.09. The number of nitrogen functional groups attached to an aromatic ring is 1. The van der Waals surface area contributed by atoms with Crippen molar-refractivity contribution in [1.82, 2.24) is 20.2 Å². The minimum atomic E-state index is 0.455. The fourth-order valence-electron chi connectivity index (χ4n) is 1.58. The van der Waals surface area contributed by atoms with Crippen molar-refractivity contribution in [2.45, 2.75) is 19.8 Å². The van der Waals surface area contributed by atoms with Crippen LogP contribution >= 0.6 is 22.6 Å². The summed E-state index contributed by atoms with van der Waals surface area (Å²) in [5.41, 5.74) is 7.45. The number of anilines is 1. The number of halogens is 1. The molecule has 0 aromatic carbocycles. The number of nitrogens with two attached hydrogens (primary N) is 1. The topological polar surface area (TPSA) is 86.8 Å². The van der Waals surface area contributed by atoms with Crippen molar-refractivity contribution in [2.24, 2.45) is 0 Å². The molecule has 2 aromatic heterocycles. The van der Waals surface area contributed by atoms with Gasteiger partial charge in [0.1, 0.15) is 11.5 Å². The molecule has 0 bridgehead atoms. The highest BCUT2D eigenvalue weighted by molar-refractivity contribution is 14.1. The maximum atomic E-state index is 5.91. The molecule has 2 rings (SSSR count). The molecule has 0 aliphatic rings. The van der Waals surface area contributed by atoms with Crippen LogP contribution in [0.2, 0.25) is 0 Å². The number of hydrogen-bond donors (Lipinski definition) is 1. The highest BCUT2D eigenvalue weighted by atomic mass is 127. The van der Waals surface area contributed by atoms with Gasteiger partial charge in [0.15, 0.2) is 5.82 Å². The van der Waals surface area contributed by atoms with E-state index in [1.54, 1.807) is 19.2 Å². The van der Waals surface area contributed by atoms with E-state index in [0.717, 1.165) is 22.1 Å². The Labute approximate surface area is 125 Å². The maximum Gasteiger partial charge on any atom is 0.233 e. The van der Waals surface area contributed by atoms with Crippen LogP contribution in [0.5, 0.6) is 5.88 Å². The van der Waals surface area contributed by atoms with Crippen molar-refractivity contribution in [1.29, 1.82) is 0 Å². The molecule has 7 heteroatoms. The predicted octanol–water partition coefficient (Wildman–Crippen LogP) is 2.08. The van der Waals surface area contributed by atoms with E-state index in [1.807, 2.05) is 0 Å². The van der Waals surface area contributed by atoms with Crippen LogP contribution in [0.15, 0.2) is 12.1 Å². The van der Waals surface area contributed by atoms with Gasteiger partial charge in [-0.15, -0.1) is 10.2 Å². The average molecular weight is 371 g/mol. The Hall–Kier alpha value is -1.51. The molecule has 0 fully saturated rings. The lowest BCUT2D eigenvalue weighted by atomic mass is 10.2. The molecule has 0 radical (unpaired) electrons. The molecule has 0 aliphatic carbocycles. The van der Waals surface area contributed by atoms with Gasteiger partial charge in [-0.2, -0.15) is 0 Å². The van der Waals surface area contributed by atoms with Crippen molar-refractivity contribution in [2.75, 3.05) is 12.8 Å². The van der Waals surface area contributed by atoms with Crippen LogP contribution in [0.4, 0.5) is 5.82 Å². The van der Waals surface area contributed by atoms with Gasteiger partial charge in [-0.3, -0.25) is 0 Å². The summed E-state index contributed by atoms with van der Waals surface area (Å²) in [7, 11) is 1.54. The zero-order valence-corrected chi connectivity index (χ0v) is 12.9. The first-order valence-electron chi connectivity index (χ1n) is 5.85. The minimum absolute atomic E-state index is 0.455. The van der Waals surface area contributed by atoms with Crippen LogP contribution in [0.25, 0.3) is 11.5 Å². The molecule has 2 N–H and O–H groups in total. The number of aromatic nitrogens is 4. The summed E-state index contributed by atoms with van der Waals surface area (Å²) in [4.78, 5) is 8.76. The molecule has 0 spiro atoms. The molecule has 100 valence electrons. The van der Waals surface area contributed by atoms with Crippen LogP contribution in [0, 0.1) is 3.57 Å². The maximum absolute atomic E-state index is 5.91. The van der Waals surface area contributed by atoms with Crippen molar-refractivity contribution >= 4 is 28.4 Å². The number of hydrogen-bond acceptors (Lipinski definition) is 6. The quantitative estimate of drug-likeness (QED) is 0.829. The highest BCUT2D eigenvalue weighted by Crippen LogP contribution is 2.22. The van der Waals surface area contributed by atoms with Crippen molar-refractivity contribution in [3.8, 4) is 17.4 Å². The fourth-order valence-corrected chi connectivity index (χ4v) is 2.09. The van der Waals surface area contributed by atoms with Crippen LogP contribution in [0.1, 0.15) is 19.0 Å². The van der Waals surface area contributed by atoms with Gasteiger partial charge in [0.2, 0.25) is 5.88 Å². The summed E-state index contributed by atoms with van der Waals surface area (Å²) in [6, 6.07) is 3.49. The van der Waals surface area contributed by atoms with Crippen molar-refractivity contribution in [3.05, 3.63) is 21.4 Å². The monoisotopic (exact) mass is 371 g/mol. The summed E-state index contributed by atoms with van der Waals surface area (Å²) in [5.74, 6) is 1.43. The molecular weight excluding hydrogens is 357 g/mol. The normalized spacial score (nSPS) is 10.5. The lowest BCUT2D eigenvalue weighted by Crippen LogP contribution is -2.06. The van der Waals surface area contributed by atoms with Gasteiger partial charge in [-0.25, -0.2) is 9.97 Å². The van der Waals surface area contributed by atoms with Crippen LogP contribution < -0.4 is 10.5 Å². The van der Waals surface area contributed by atoms with E-state index in [2.05, 4.69) is 49.7 Å².